The van der Waals surface area contributed by atoms with Gasteiger partial charge in [0.25, 0.3) is 17.2 Å². The van der Waals surface area contributed by atoms with Gasteiger partial charge in [-0.1, -0.05) is 18.2 Å². The number of carbonyl (C=O) groups excluding carboxylic acids is 1. The monoisotopic (exact) mass is 406 g/mol. The lowest BCUT2D eigenvalue weighted by Gasteiger charge is -2.35. The van der Waals surface area contributed by atoms with Crippen LogP contribution in [-0.4, -0.2) is 56.7 Å². The summed E-state index contributed by atoms with van der Waals surface area (Å²) in [7, 11) is 0. The van der Waals surface area contributed by atoms with Crippen molar-refractivity contribution in [3.8, 4) is 5.69 Å². The molecule has 0 N–H and O–H groups in total. The summed E-state index contributed by atoms with van der Waals surface area (Å²) in [6, 6.07) is 14.7. The molecule has 3 heterocycles. The number of anilines is 1. The van der Waals surface area contributed by atoms with Gasteiger partial charge in [-0.15, -0.1) is 0 Å². The van der Waals surface area contributed by atoms with Crippen molar-refractivity contribution in [1.29, 1.82) is 0 Å². The van der Waals surface area contributed by atoms with Crippen LogP contribution >= 0.6 is 0 Å². The number of aromatic nitrogens is 3. The van der Waals surface area contributed by atoms with E-state index >= 15 is 0 Å². The predicted molar refractivity (Wildman–Crippen MR) is 109 cm³/mol. The highest BCUT2D eigenvalue weighted by molar-refractivity contribution is 5.92. The first-order valence-corrected chi connectivity index (χ1v) is 9.33. The zero-order valence-electron chi connectivity index (χ0n) is 15.9. The first-order chi connectivity index (χ1) is 14.5. The molecule has 0 atom stereocenters. The fourth-order valence-electron chi connectivity index (χ4n) is 3.25. The van der Waals surface area contributed by atoms with Crippen molar-refractivity contribution in [3.05, 3.63) is 87.0 Å². The Balaban J connectivity index is 1.46. The van der Waals surface area contributed by atoms with Crippen molar-refractivity contribution in [2.45, 2.75) is 0 Å². The van der Waals surface area contributed by atoms with Gasteiger partial charge in [0.1, 0.15) is 17.7 Å². The van der Waals surface area contributed by atoms with Gasteiger partial charge in [-0.25, -0.2) is 4.98 Å². The lowest BCUT2D eigenvalue weighted by molar-refractivity contribution is -0.385. The van der Waals surface area contributed by atoms with Crippen molar-refractivity contribution in [2.75, 3.05) is 31.1 Å². The summed E-state index contributed by atoms with van der Waals surface area (Å²) in [6.45, 7) is 1.97. The van der Waals surface area contributed by atoms with Crippen molar-refractivity contribution < 1.29 is 9.72 Å². The fraction of sp³-hybridized carbons (Fsp3) is 0.200. The zero-order valence-corrected chi connectivity index (χ0v) is 15.9. The smallest absolute Gasteiger partial charge is 0.287 e. The molecule has 1 aromatic carbocycles. The molecule has 30 heavy (non-hydrogen) atoms. The number of piperazine rings is 1. The van der Waals surface area contributed by atoms with Crippen LogP contribution in [0, 0.1) is 10.1 Å². The maximum atomic E-state index is 12.9. The van der Waals surface area contributed by atoms with Crippen LogP contribution in [0.15, 0.2) is 65.6 Å². The second kappa shape index (κ2) is 8.11. The summed E-state index contributed by atoms with van der Waals surface area (Å²) in [6.07, 6.45) is 1.23. The molecular weight excluding hydrogens is 388 g/mol. The minimum Gasteiger partial charge on any atom is -0.353 e. The van der Waals surface area contributed by atoms with E-state index in [2.05, 4.69) is 10.1 Å². The molecule has 3 aromatic rings. The first-order valence-electron chi connectivity index (χ1n) is 9.33. The molecule has 152 valence electrons. The van der Waals surface area contributed by atoms with Gasteiger partial charge in [-0.2, -0.15) is 9.78 Å². The number of nitro groups is 1. The lowest BCUT2D eigenvalue weighted by atomic mass is 10.2. The molecule has 10 nitrogen and oxygen atoms in total. The first kappa shape index (κ1) is 19.2. The zero-order chi connectivity index (χ0) is 21.1. The average Bonchev–Trinajstić information content (AvgIpc) is 2.80. The highest BCUT2D eigenvalue weighted by atomic mass is 16.6. The Morgan fingerprint density at radius 2 is 1.70 bits per heavy atom. The number of carbonyl (C=O) groups is 1. The van der Waals surface area contributed by atoms with E-state index in [1.165, 1.54) is 29.1 Å². The summed E-state index contributed by atoms with van der Waals surface area (Å²) in [5, 5.41) is 15.0. The van der Waals surface area contributed by atoms with Gasteiger partial charge in [0.2, 0.25) is 0 Å². The Kier molecular flexibility index (Phi) is 5.21. The molecule has 0 unspecified atom stereocenters. The summed E-state index contributed by atoms with van der Waals surface area (Å²) < 4.78 is 1.21. The van der Waals surface area contributed by atoms with Crippen LogP contribution in [0.4, 0.5) is 11.5 Å². The van der Waals surface area contributed by atoms with Crippen molar-refractivity contribution >= 4 is 17.4 Å². The second-order valence-corrected chi connectivity index (χ2v) is 6.72. The number of hydrogen-bond donors (Lipinski definition) is 0. The molecular formula is C20H18N6O4. The van der Waals surface area contributed by atoms with E-state index in [4.69, 9.17) is 0 Å². The minimum atomic E-state index is -0.491. The molecule has 0 radical (unpaired) electrons. The van der Waals surface area contributed by atoms with Crippen LogP contribution in [0.5, 0.6) is 0 Å². The van der Waals surface area contributed by atoms with E-state index in [1.54, 1.807) is 35.2 Å². The third-order valence-corrected chi connectivity index (χ3v) is 4.85. The number of hydrogen-bond acceptors (Lipinski definition) is 7. The van der Waals surface area contributed by atoms with Crippen LogP contribution in [0.1, 0.15) is 10.5 Å². The molecule has 1 aliphatic heterocycles. The van der Waals surface area contributed by atoms with E-state index < -0.39 is 4.92 Å². The van der Waals surface area contributed by atoms with Crippen molar-refractivity contribution in [3.63, 3.8) is 0 Å². The predicted octanol–water partition coefficient (Wildman–Crippen LogP) is 1.50. The molecule has 1 saturated heterocycles. The topological polar surface area (TPSA) is 114 Å². The van der Waals surface area contributed by atoms with Gasteiger partial charge in [0, 0.05) is 38.3 Å². The Labute approximate surface area is 171 Å². The van der Waals surface area contributed by atoms with Gasteiger partial charge >= 0.3 is 0 Å². The Morgan fingerprint density at radius 3 is 2.33 bits per heavy atom. The molecule has 10 heteroatoms. The van der Waals surface area contributed by atoms with Gasteiger partial charge < -0.3 is 9.80 Å². The van der Waals surface area contributed by atoms with E-state index in [0.717, 1.165) is 0 Å². The molecule has 4 rings (SSSR count). The average molecular weight is 406 g/mol. The van der Waals surface area contributed by atoms with E-state index in [-0.39, 0.29) is 22.8 Å². The number of amides is 1. The van der Waals surface area contributed by atoms with Crippen LogP contribution in [0.3, 0.4) is 0 Å². The maximum absolute atomic E-state index is 12.9. The Bertz CT molecular complexity index is 1120. The standard InChI is InChI=1S/C20H18N6O4/c27-19-9-7-17(22-25(19)15-4-2-1-3-5-15)20(28)24-12-10-23(11-13-24)18-8-6-16(14-21-18)26(29)30/h1-9,14H,10-13H2. The highest BCUT2D eigenvalue weighted by Crippen LogP contribution is 2.18. The summed E-state index contributed by atoms with van der Waals surface area (Å²) in [5.74, 6) is 0.374. The molecule has 2 aromatic heterocycles. The largest absolute Gasteiger partial charge is 0.353 e. The third kappa shape index (κ3) is 3.88. The van der Waals surface area contributed by atoms with Crippen LogP contribution in [-0.2, 0) is 0 Å². The molecule has 0 aliphatic carbocycles. The number of nitrogens with zero attached hydrogens (tertiary/aromatic N) is 6. The van der Waals surface area contributed by atoms with Crippen molar-refractivity contribution in [2.24, 2.45) is 0 Å². The number of benzene rings is 1. The van der Waals surface area contributed by atoms with Gasteiger partial charge in [-0.3, -0.25) is 19.7 Å². The maximum Gasteiger partial charge on any atom is 0.287 e. The number of rotatable bonds is 4. The van der Waals surface area contributed by atoms with E-state index in [0.29, 0.717) is 37.7 Å². The van der Waals surface area contributed by atoms with Gasteiger partial charge in [-0.05, 0) is 24.3 Å². The Hall–Kier alpha value is -4.08. The molecule has 0 spiro atoms. The SMILES string of the molecule is O=C(c1ccc(=O)n(-c2ccccc2)n1)N1CCN(c2ccc([N+](=O)[O-])cn2)CC1. The summed E-state index contributed by atoms with van der Waals surface area (Å²) >= 11 is 0. The second-order valence-electron chi connectivity index (χ2n) is 6.72. The minimum absolute atomic E-state index is 0.0628. The van der Waals surface area contributed by atoms with E-state index in [1.807, 2.05) is 11.0 Å². The lowest BCUT2D eigenvalue weighted by Crippen LogP contribution is -2.49. The molecule has 0 bridgehead atoms. The quantitative estimate of drug-likeness (QED) is 0.476. The molecule has 0 saturated carbocycles. The van der Waals surface area contributed by atoms with E-state index in [9.17, 15) is 19.7 Å². The fourth-order valence-corrected chi connectivity index (χ4v) is 3.25. The van der Waals surface area contributed by atoms with Gasteiger partial charge in [0.15, 0.2) is 0 Å². The normalized spacial score (nSPS) is 13.9. The Morgan fingerprint density at radius 1 is 0.967 bits per heavy atom. The summed E-state index contributed by atoms with van der Waals surface area (Å²) in [4.78, 5) is 43.1. The third-order valence-electron chi connectivity index (χ3n) is 4.85. The van der Waals surface area contributed by atoms with Gasteiger partial charge in [0.05, 0.1) is 10.6 Å². The molecule has 1 aliphatic rings. The van der Waals surface area contributed by atoms with Crippen molar-refractivity contribution in [1.82, 2.24) is 19.7 Å². The highest BCUT2D eigenvalue weighted by Gasteiger charge is 2.24. The molecule has 1 amide bonds. The molecule has 1 fully saturated rings. The summed E-state index contributed by atoms with van der Waals surface area (Å²) in [5.41, 5.74) is 0.408. The number of pyridine rings is 1. The van der Waals surface area contributed by atoms with Crippen LogP contribution in [0.2, 0.25) is 0 Å². The van der Waals surface area contributed by atoms with Crippen LogP contribution in [0.25, 0.3) is 5.69 Å². The van der Waals surface area contributed by atoms with Crippen LogP contribution < -0.4 is 10.5 Å². The number of para-hydroxylation sites is 1.